The highest BCUT2D eigenvalue weighted by atomic mass is 16.6. The first-order chi connectivity index (χ1) is 14.1. The molecule has 1 aromatic carbocycles. The summed E-state index contributed by atoms with van der Waals surface area (Å²) in [6.45, 7) is -0.402. The standard InChI is InChI=1S/C20H20N4O5/c1-21-18-15-11(13-6-10-4-2-3-5-12(10)28-13)7-24(19(15)23-9-22-18)20-17(27)16(26)14(8-25)29-20/h2-7,9,14,16-17,20,25-27H,8H2,1H3,(H,21,22,23). The van der Waals surface area contributed by atoms with Crippen LogP contribution in [0, 0.1) is 0 Å². The van der Waals surface area contributed by atoms with Gasteiger partial charge in [0.2, 0.25) is 0 Å². The molecule has 4 unspecified atom stereocenters. The molecule has 0 saturated carbocycles. The number of fused-ring (bicyclic) bond motifs is 2. The summed E-state index contributed by atoms with van der Waals surface area (Å²) in [7, 11) is 1.76. The van der Waals surface area contributed by atoms with Crippen LogP contribution in [0.1, 0.15) is 6.23 Å². The number of hydrogen-bond donors (Lipinski definition) is 4. The molecule has 5 rings (SSSR count). The van der Waals surface area contributed by atoms with Gasteiger partial charge in [0.25, 0.3) is 0 Å². The molecular weight excluding hydrogens is 376 g/mol. The second kappa shape index (κ2) is 6.82. The molecule has 9 heteroatoms. The minimum absolute atomic E-state index is 0.402. The van der Waals surface area contributed by atoms with Crippen LogP contribution in [0.25, 0.3) is 33.3 Å². The molecule has 1 aliphatic rings. The van der Waals surface area contributed by atoms with E-state index in [1.807, 2.05) is 30.3 Å². The zero-order valence-corrected chi connectivity index (χ0v) is 15.6. The lowest BCUT2D eigenvalue weighted by molar-refractivity contribution is -0.0508. The Morgan fingerprint density at radius 2 is 2.00 bits per heavy atom. The van der Waals surface area contributed by atoms with Crippen LogP contribution in [0.3, 0.4) is 0 Å². The van der Waals surface area contributed by atoms with E-state index >= 15 is 0 Å². The summed E-state index contributed by atoms with van der Waals surface area (Å²) < 4.78 is 13.4. The molecule has 29 heavy (non-hydrogen) atoms. The Balaban J connectivity index is 1.73. The molecule has 4 atom stereocenters. The predicted molar refractivity (Wildman–Crippen MR) is 105 cm³/mol. The van der Waals surface area contributed by atoms with Crippen LogP contribution in [0.4, 0.5) is 5.82 Å². The minimum atomic E-state index is -1.22. The highest BCUT2D eigenvalue weighted by molar-refractivity contribution is 6.01. The van der Waals surface area contributed by atoms with Crippen molar-refractivity contribution in [2.45, 2.75) is 24.5 Å². The lowest BCUT2D eigenvalue weighted by atomic mass is 10.1. The van der Waals surface area contributed by atoms with Gasteiger partial charge in [-0.3, -0.25) is 0 Å². The fourth-order valence-electron chi connectivity index (χ4n) is 3.88. The van der Waals surface area contributed by atoms with Crippen molar-refractivity contribution in [1.29, 1.82) is 0 Å². The smallest absolute Gasteiger partial charge is 0.164 e. The summed E-state index contributed by atoms with van der Waals surface area (Å²) in [6.07, 6.45) is -1.05. The van der Waals surface area contributed by atoms with Gasteiger partial charge >= 0.3 is 0 Å². The predicted octanol–water partition coefficient (Wildman–Crippen LogP) is 1.50. The Kier molecular flexibility index (Phi) is 4.25. The third-order valence-corrected chi connectivity index (χ3v) is 5.33. The number of ether oxygens (including phenoxy) is 1. The van der Waals surface area contributed by atoms with E-state index in [2.05, 4.69) is 15.3 Å². The average Bonchev–Trinajstić information content (AvgIpc) is 3.42. The summed E-state index contributed by atoms with van der Waals surface area (Å²) in [5.74, 6) is 1.21. The molecule has 0 radical (unpaired) electrons. The molecule has 1 aliphatic heterocycles. The zero-order chi connectivity index (χ0) is 20.1. The zero-order valence-electron chi connectivity index (χ0n) is 15.6. The van der Waals surface area contributed by atoms with Gasteiger partial charge in [-0.2, -0.15) is 0 Å². The van der Waals surface area contributed by atoms with Gasteiger partial charge in [-0.25, -0.2) is 9.97 Å². The van der Waals surface area contributed by atoms with Gasteiger partial charge in [0.1, 0.15) is 47.4 Å². The number of rotatable bonds is 4. The Morgan fingerprint density at radius 3 is 2.72 bits per heavy atom. The van der Waals surface area contributed by atoms with E-state index in [9.17, 15) is 15.3 Å². The Bertz CT molecular complexity index is 1150. The highest BCUT2D eigenvalue weighted by Crippen LogP contribution is 2.40. The molecule has 4 heterocycles. The van der Waals surface area contributed by atoms with E-state index in [0.29, 0.717) is 22.6 Å². The van der Waals surface area contributed by atoms with E-state index in [1.165, 1.54) is 6.33 Å². The lowest BCUT2D eigenvalue weighted by Crippen LogP contribution is -2.33. The molecule has 0 bridgehead atoms. The largest absolute Gasteiger partial charge is 0.456 e. The SMILES string of the molecule is CNc1ncnc2c1c(-c1cc3ccccc3o1)cn2C1OC(CO)C(O)C1O. The molecule has 4 N–H and O–H groups in total. The topological polar surface area (TPSA) is 126 Å². The van der Waals surface area contributed by atoms with Crippen LogP contribution in [0.15, 0.2) is 47.3 Å². The molecule has 9 nitrogen and oxygen atoms in total. The van der Waals surface area contributed by atoms with Gasteiger partial charge in [-0.05, 0) is 12.1 Å². The number of benzene rings is 1. The van der Waals surface area contributed by atoms with Gasteiger partial charge in [-0.15, -0.1) is 0 Å². The summed E-state index contributed by atoms with van der Waals surface area (Å²) in [6, 6.07) is 9.62. The number of anilines is 1. The van der Waals surface area contributed by atoms with Crippen molar-refractivity contribution >= 4 is 27.8 Å². The van der Waals surface area contributed by atoms with Crippen LogP contribution >= 0.6 is 0 Å². The second-order valence-electron chi connectivity index (χ2n) is 7.00. The number of aromatic nitrogens is 3. The molecule has 0 aliphatic carbocycles. The summed E-state index contributed by atoms with van der Waals surface area (Å²) in [5, 5.41) is 34.8. The molecule has 0 spiro atoms. The van der Waals surface area contributed by atoms with Crippen LogP contribution in [0.2, 0.25) is 0 Å². The van der Waals surface area contributed by atoms with Crippen molar-refractivity contribution in [3.8, 4) is 11.3 Å². The summed E-state index contributed by atoms with van der Waals surface area (Å²) >= 11 is 0. The molecule has 4 aromatic rings. The quantitative estimate of drug-likeness (QED) is 0.409. The minimum Gasteiger partial charge on any atom is -0.456 e. The third kappa shape index (κ3) is 2.70. The first-order valence-electron chi connectivity index (χ1n) is 9.27. The maximum atomic E-state index is 10.5. The molecule has 150 valence electrons. The van der Waals surface area contributed by atoms with Crippen LogP contribution < -0.4 is 5.32 Å². The molecule has 0 amide bonds. The number of furan rings is 1. The third-order valence-electron chi connectivity index (χ3n) is 5.33. The number of hydrogen-bond acceptors (Lipinski definition) is 8. The maximum Gasteiger partial charge on any atom is 0.164 e. The van der Waals surface area contributed by atoms with Crippen molar-refractivity contribution in [2.75, 3.05) is 19.0 Å². The average molecular weight is 396 g/mol. The van der Waals surface area contributed by atoms with Gasteiger partial charge in [0.15, 0.2) is 6.23 Å². The fraction of sp³-hybridized carbons (Fsp3) is 0.300. The van der Waals surface area contributed by atoms with Crippen molar-refractivity contribution in [1.82, 2.24) is 14.5 Å². The second-order valence-corrected chi connectivity index (χ2v) is 7.00. The first-order valence-corrected chi connectivity index (χ1v) is 9.27. The van der Waals surface area contributed by atoms with E-state index in [0.717, 1.165) is 16.5 Å². The normalized spacial score (nSPS) is 24.6. The molecule has 1 saturated heterocycles. The first kappa shape index (κ1) is 18.1. The number of nitrogens with one attached hydrogen (secondary N) is 1. The van der Waals surface area contributed by atoms with Gasteiger partial charge in [-0.1, -0.05) is 18.2 Å². The Hall–Kier alpha value is -2.98. The number of nitrogens with zero attached hydrogens (tertiary/aromatic N) is 3. The van der Waals surface area contributed by atoms with Gasteiger partial charge < -0.3 is 34.4 Å². The molecular formula is C20H20N4O5. The van der Waals surface area contributed by atoms with Gasteiger partial charge in [0.05, 0.1) is 12.0 Å². The number of aliphatic hydroxyl groups is 3. The Morgan fingerprint density at radius 1 is 1.17 bits per heavy atom. The summed E-state index contributed by atoms with van der Waals surface area (Å²) in [5.41, 5.74) is 1.98. The van der Waals surface area contributed by atoms with Crippen molar-refractivity contribution < 1.29 is 24.5 Å². The van der Waals surface area contributed by atoms with Crippen LogP contribution in [-0.4, -0.2) is 61.8 Å². The van der Waals surface area contributed by atoms with E-state index in [-0.39, 0.29) is 0 Å². The van der Waals surface area contributed by atoms with Crippen molar-refractivity contribution in [3.05, 3.63) is 42.9 Å². The lowest BCUT2D eigenvalue weighted by Gasteiger charge is -2.17. The van der Waals surface area contributed by atoms with E-state index in [4.69, 9.17) is 9.15 Å². The fourth-order valence-corrected chi connectivity index (χ4v) is 3.88. The van der Waals surface area contributed by atoms with Crippen LogP contribution in [0.5, 0.6) is 0 Å². The van der Waals surface area contributed by atoms with Crippen LogP contribution in [-0.2, 0) is 4.74 Å². The van der Waals surface area contributed by atoms with E-state index in [1.54, 1.807) is 17.8 Å². The van der Waals surface area contributed by atoms with Gasteiger partial charge in [0, 0.05) is 24.2 Å². The summed E-state index contributed by atoms with van der Waals surface area (Å²) in [4.78, 5) is 8.68. The monoisotopic (exact) mass is 396 g/mol. The van der Waals surface area contributed by atoms with Crippen molar-refractivity contribution in [3.63, 3.8) is 0 Å². The number of aliphatic hydroxyl groups excluding tert-OH is 3. The highest BCUT2D eigenvalue weighted by Gasteiger charge is 2.44. The van der Waals surface area contributed by atoms with Crippen molar-refractivity contribution in [2.24, 2.45) is 0 Å². The number of para-hydroxylation sites is 1. The Labute approximate surface area is 165 Å². The maximum absolute atomic E-state index is 10.5. The molecule has 1 fully saturated rings. The molecule has 3 aromatic heterocycles. The van der Waals surface area contributed by atoms with E-state index < -0.39 is 31.1 Å².